The number of nitrogens with two attached hydrogens (primary N) is 1. The lowest BCUT2D eigenvalue weighted by molar-refractivity contribution is 0.100. The second-order valence-corrected chi connectivity index (χ2v) is 5.87. The number of aromatic nitrogens is 2. The molecule has 1 saturated heterocycles. The van der Waals surface area contributed by atoms with Crippen LogP contribution in [0.4, 0.5) is 5.69 Å². The molecule has 2 aromatic heterocycles. The lowest BCUT2D eigenvalue weighted by Gasteiger charge is -2.25. The first-order chi connectivity index (χ1) is 9.65. The lowest BCUT2D eigenvalue weighted by Crippen LogP contribution is -2.36. The second-order valence-electron chi connectivity index (χ2n) is 4.95. The maximum absolute atomic E-state index is 11.6. The number of fused-ring (bicyclic) bond motifs is 1. The molecule has 20 heavy (non-hydrogen) atoms. The third-order valence-corrected chi connectivity index (χ3v) is 3.99. The third kappa shape index (κ3) is 2.51. The van der Waals surface area contributed by atoms with E-state index < -0.39 is 5.91 Å². The van der Waals surface area contributed by atoms with E-state index in [0.717, 1.165) is 41.6 Å². The van der Waals surface area contributed by atoms with Crippen LogP contribution in [-0.2, 0) is 0 Å². The lowest BCUT2D eigenvalue weighted by atomic mass is 10.1. The number of rotatable bonds is 3. The van der Waals surface area contributed by atoms with Crippen molar-refractivity contribution < 1.29 is 4.79 Å². The van der Waals surface area contributed by atoms with Crippen LogP contribution in [0, 0.1) is 0 Å². The standard InChI is InChI=1S/C13H16BrN5O/c14-8-5-11-12(18-9-1-3-16-4-2-9)10(13(15)20)6-17-19(11)7-8/h5-7,9,16,18H,1-4H2,(H2,15,20). The van der Waals surface area contributed by atoms with Crippen LogP contribution in [-0.4, -0.2) is 34.7 Å². The molecule has 0 radical (unpaired) electrons. The molecule has 1 amide bonds. The minimum absolute atomic E-state index is 0.342. The van der Waals surface area contributed by atoms with Crippen molar-refractivity contribution >= 4 is 33.0 Å². The SMILES string of the molecule is NC(=O)c1cnn2cc(Br)cc2c1NC1CCNCC1. The smallest absolute Gasteiger partial charge is 0.252 e. The van der Waals surface area contributed by atoms with E-state index in [1.54, 1.807) is 4.52 Å². The first kappa shape index (κ1) is 13.4. The maximum Gasteiger partial charge on any atom is 0.252 e. The molecule has 0 aromatic carbocycles. The highest BCUT2D eigenvalue weighted by molar-refractivity contribution is 9.10. The molecule has 7 heteroatoms. The Morgan fingerprint density at radius 2 is 2.25 bits per heavy atom. The van der Waals surface area contributed by atoms with Gasteiger partial charge >= 0.3 is 0 Å². The summed E-state index contributed by atoms with van der Waals surface area (Å²) in [6.45, 7) is 1.96. The zero-order valence-corrected chi connectivity index (χ0v) is 12.5. The van der Waals surface area contributed by atoms with Crippen LogP contribution in [0.1, 0.15) is 23.2 Å². The molecule has 0 saturated carbocycles. The Bertz CT molecular complexity index is 647. The third-order valence-electron chi connectivity index (χ3n) is 3.56. The number of carbonyl (C=O) groups is 1. The summed E-state index contributed by atoms with van der Waals surface area (Å²) in [5, 5.41) is 11.0. The average Bonchev–Trinajstić information content (AvgIpc) is 2.81. The second kappa shape index (κ2) is 5.41. The molecule has 0 unspecified atom stereocenters. The average molecular weight is 338 g/mol. The van der Waals surface area contributed by atoms with Crippen molar-refractivity contribution in [2.24, 2.45) is 5.73 Å². The van der Waals surface area contributed by atoms with E-state index in [4.69, 9.17) is 5.73 Å². The normalized spacial score (nSPS) is 16.4. The topological polar surface area (TPSA) is 84.5 Å². The molecule has 3 rings (SSSR count). The van der Waals surface area contributed by atoms with Crippen LogP contribution in [0.2, 0.25) is 0 Å². The van der Waals surface area contributed by atoms with Gasteiger partial charge in [-0.2, -0.15) is 5.10 Å². The molecule has 0 aliphatic carbocycles. The Morgan fingerprint density at radius 3 is 2.95 bits per heavy atom. The summed E-state index contributed by atoms with van der Waals surface area (Å²) >= 11 is 3.43. The number of carbonyl (C=O) groups excluding carboxylic acids is 1. The van der Waals surface area contributed by atoms with Crippen LogP contribution in [0.25, 0.3) is 5.52 Å². The van der Waals surface area contributed by atoms with Crippen molar-refractivity contribution in [1.29, 1.82) is 0 Å². The molecule has 1 aliphatic heterocycles. The largest absolute Gasteiger partial charge is 0.380 e. The Hall–Kier alpha value is -1.60. The summed E-state index contributed by atoms with van der Waals surface area (Å²) in [6.07, 6.45) is 5.42. The van der Waals surface area contributed by atoms with E-state index in [1.165, 1.54) is 6.20 Å². The summed E-state index contributed by atoms with van der Waals surface area (Å²) in [7, 11) is 0. The number of nitrogens with zero attached hydrogens (tertiary/aromatic N) is 2. The number of halogens is 1. The maximum atomic E-state index is 11.6. The Kier molecular flexibility index (Phi) is 3.62. The van der Waals surface area contributed by atoms with Gasteiger partial charge in [-0.1, -0.05) is 0 Å². The highest BCUT2D eigenvalue weighted by atomic mass is 79.9. The summed E-state index contributed by atoms with van der Waals surface area (Å²) in [6, 6.07) is 2.28. The molecule has 2 aromatic rings. The molecule has 6 nitrogen and oxygen atoms in total. The molecule has 106 valence electrons. The van der Waals surface area contributed by atoms with Gasteiger partial charge in [-0.15, -0.1) is 0 Å². The van der Waals surface area contributed by atoms with Crippen molar-refractivity contribution in [2.75, 3.05) is 18.4 Å². The van der Waals surface area contributed by atoms with Gasteiger partial charge in [0.05, 0.1) is 23.0 Å². The van der Waals surface area contributed by atoms with Gasteiger partial charge in [-0.05, 0) is 47.9 Å². The van der Waals surface area contributed by atoms with Crippen LogP contribution in [0.3, 0.4) is 0 Å². The van der Waals surface area contributed by atoms with Gasteiger partial charge in [0.15, 0.2) is 0 Å². The molecular formula is C13H16BrN5O. The van der Waals surface area contributed by atoms with Crippen molar-refractivity contribution in [3.63, 3.8) is 0 Å². The van der Waals surface area contributed by atoms with Gasteiger partial charge in [0.2, 0.25) is 0 Å². The van der Waals surface area contributed by atoms with Crippen molar-refractivity contribution in [1.82, 2.24) is 14.9 Å². The summed E-state index contributed by atoms with van der Waals surface area (Å²) in [5.41, 5.74) is 7.52. The van der Waals surface area contributed by atoms with Crippen LogP contribution < -0.4 is 16.4 Å². The van der Waals surface area contributed by atoms with Crippen LogP contribution in [0.15, 0.2) is 22.9 Å². The molecule has 4 N–H and O–H groups in total. The minimum atomic E-state index is -0.464. The van der Waals surface area contributed by atoms with Gasteiger partial charge in [-0.25, -0.2) is 4.52 Å². The number of hydrogen-bond acceptors (Lipinski definition) is 4. The number of hydrogen-bond donors (Lipinski definition) is 3. The Balaban J connectivity index is 2.04. The molecule has 1 fully saturated rings. The zero-order chi connectivity index (χ0) is 14.1. The summed E-state index contributed by atoms with van der Waals surface area (Å²) < 4.78 is 2.65. The van der Waals surface area contributed by atoms with Gasteiger partial charge in [0.1, 0.15) is 0 Å². The van der Waals surface area contributed by atoms with E-state index in [1.807, 2.05) is 12.3 Å². The van der Waals surface area contributed by atoms with Crippen molar-refractivity contribution in [3.05, 3.63) is 28.5 Å². The van der Waals surface area contributed by atoms with Gasteiger partial charge < -0.3 is 16.4 Å². The molecule has 0 atom stereocenters. The number of nitrogens with one attached hydrogen (secondary N) is 2. The minimum Gasteiger partial charge on any atom is -0.380 e. The predicted molar refractivity (Wildman–Crippen MR) is 80.9 cm³/mol. The van der Waals surface area contributed by atoms with E-state index in [0.29, 0.717) is 11.6 Å². The highest BCUT2D eigenvalue weighted by Gasteiger charge is 2.19. The van der Waals surface area contributed by atoms with E-state index in [2.05, 4.69) is 31.7 Å². The number of anilines is 1. The predicted octanol–water partition coefficient (Wildman–Crippen LogP) is 1.36. The Morgan fingerprint density at radius 1 is 1.50 bits per heavy atom. The first-order valence-corrected chi connectivity index (χ1v) is 7.38. The number of piperidine rings is 1. The molecule has 3 heterocycles. The van der Waals surface area contributed by atoms with Gasteiger partial charge in [0, 0.05) is 16.7 Å². The van der Waals surface area contributed by atoms with Crippen molar-refractivity contribution in [3.8, 4) is 0 Å². The van der Waals surface area contributed by atoms with Gasteiger partial charge in [0.25, 0.3) is 5.91 Å². The number of amides is 1. The Labute approximate surface area is 124 Å². The fraction of sp³-hybridized carbons (Fsp3) is 0.385. The summed E-state index contributed by atoms with van der Waals surface area (Å²) in [5.74, 6) is -0.464. The van der Waals surface area contributed by atoms with Crippen LogP contribution >= 0.6 is 15.9 Å². The monoisotopic (exact) mass is 337 g/mol. The van der Waals surface area contributed by atoms with E-state index in [9.17, 15) is 4.79 Å². The summed E-state index contributed by atoms with van der Waals surface area (Å²) in [4.78, 5) is 11.6. The molecular weight excluding hydrogens is 322 g/mol. The zero-order valence-electron chi connectivity index (χ0n) is 10.9. The highest BCUT2D eigenvalue weighted by Crippen LogP contribution is 2.27. The fourth-order valence-corrected chi connectivity index (χ4v) is 2.94. The van der Waals surface area contributed by atoms with Gasteiger partial charge in [-0.3, -0.25) is 4.79 Å². The molecule has 1 aliphatic rings. The molecule has 0 spiro atoms. The van der Waals surface area contributed by atoms with Crippen molar-refractivity contribution in [2.45, 2.75) is 18.9 Å². The van der Waals surface area contributed by atoms with E-state index >= 15 is 0 Å². The van der Waals surface area contributed by atoms with E-state index in [-0.39, 0.29) is 0 Å². The van der Waals surface area contributed by atoms with Crippen LogP contribution in [0.5, 0.6) is 0 Å². The quantitative estimate of drug-likeness (QED) is 0.789. The number of primary amides is 1. The first-order valence-electron chi connectivity index (χ1n) is 6.59. The molecule has 0 bridgehead atoms. The fourth-order valence-electron chi connectivity index (χ4n) is 2.53.